The number of nitriles is 1. The highest BCUT2D eigenvalue weighted by atomic mass is 35.5. The third-order valence-corrected chi connectivity index (χ3v) is 8.32. The summed E-state index contributed by atoms with van der Waals surface area (Å²) >= 11 is 18.6. The average molecular weight is 598 g/mol. The smallest absolute Gasteiger partial charge is 0.226 e. The number of carbonyl (C=O) groups is 1. The van der Waals surface area contributed by atoms with Gasteiger partial charge >= 0.3 is 0 Å². The lowest BCUT2D eigenvalue weighted by atomic mass is 9.96. The number of hydrogen-bond donors (Lipinski definition) is 2. The Balaban J connectivity index is 1.38. The zero-order valence-corrected chi connectivity index (χ0v) is 24.9. The largest absolute Gasteiger partial charge is 0.360 e. The van der Waals surface area contributed by atoms with E-state index in [1.807, 2.05) is 35.8 Å². The number of carbonyl (C=O) groups excluding carboxylic acids is 1. The van der Waals surface area contributed by atoms with E-state index in [0.717, 1.165) is 29.7 Å². The fourth-order valence-electron chi connectivity index (χ4n) is 4.99. The molecule has 0 bridgehead atoms. The molecule has 0 radical (unpaired) electrons. The van der Waals surface area contributed by atoms with Gasteiger partial charge in [0.1, 0.15) is 0 Å². The Bertz CT molecular complexity index is 1350. The van der Waals surface area contributed by atoms with Crippen molar-refractivity contribution in [2.24, 2.45) is 0 Å². The highest BCUT2D eigenvalue weighted by Crippen LogP contribution is 2.27. The van der Waals surface area contributed by atoms with Gasteiger partial charge in [0.2, 0.25) is 5.91 Å². The Morgan fingerprint density at radius 3 is 2.67 bits per heavy atom. The van der Waals surface area contributed by atoms with Crippen LogP contribution in [-0.2, 0) is 24.3 Å². The monoisotopic (exact) mass is 596 g/mol. The van der Waals surface area contributed by atoms with Crippen molar-refractivity contribution in [3.05, 3.63) is 87.4 Å². The van der Waals surface area contributed by atoms with Gasteiger partial charge in [0.15, 0.2) is 5.11 Å². The molecule has 40 heavy (non-hydrogen) atoms. The zero-order valence-electron chi connectivity index (χ0n) is 22.6. The molecule has 7 nitrogen and oxygen atoms in total. The maximum Gasteiger partial charge on any atom is 0.226 e. The minimum atomic E-state index is -0.175. The van der Waals surface area contributed by atoms with Crippen LogP contribution in [0.5, 0.6) is 0 Å². The van der Waals surface area contributed by atoms with Crippen molar-refractivity contribution in [1.82, 2.24) is 25.1 Å². The SMILES string of the molecule is C[C@@H](CN(Cc1cccc(Cl)c1Cl)C(=S)NC1CCCCC1)NC(=O)Cc1cncn1Cc1ccc(C#N)cc1. The van der Waals surface area contributed by atoms with Crippen molar-refractivity contribution in [2.75, 3.05) is 6.54 Å². The first-order valence-electron chi connectivity index (χ1n) is 13.6. The maximum absolute atomic E-state index is 13.0. The van der Waals surface area contributed by atoms with Gasteiger partial charge in [-0.25, -0.2) is 4.98 Å². The number of aromatic nitrogens is 2. The molecule has 1 heterocycles. The molecular formula is C30H34Cl2N6OS. The van der Waals surface area contributed by atoms with Crippen LogP contribution in [0.25, 0.3) is 0 Å². The second-order valence-corrected chi connectivity index (χ2v) is 11.5. The van der Waals surface area contributed by atoms with Gasteiger partial charge in [0.25, 0.3) is 0 Å². The predicted octanol–water partition coefficient (Wildman–Crippen LogP) is 5.87. The minimum absolute atomic E-state index is 0.0963. The molecule has 4 rings (SSSR count). The van der Waals surface area contributed by atoms with Crippen molar-refractivity contribution in [1.29, 1.82) is 5.26 Å². The van der Waals surface area contributed by atoms with Gasteiger partial charge in [-0.2, -0.15) is 5.26 Å². The third kappa shape index (κ3) is 8.44. The molecule has 1 aliphatic rings. The topological polar surface area (TPSA) is 86.0 Å². The predicted molar refractivity (Wildman–Crippen MR) is 163 cm³/mol. The normalized spacial score (nSPS) is 14.2. The second kappa shape index (κ2) is 14.5. The Morgan fingerprint density at radius 2 is 1.95 bits per heavy atom. The first kappa shape index (κ1) is 29.9. The Hall–Kier alpha value is -3.12. The van der Waals surface area contributed by atoms with Crippen LogP contribution >= 0.6 is 35.4 Å². The van der Waals surface area contributed by atoms with Crippen LogP contribution in [0, 0.1) is 11.3 Å². The summed E-state index contributed by atoms with van der Waals surface area (Å²) in [5.74, 6) is -0.0963. The fourth-order valence-corrected chi connectivity index (χ4v) is 5.68. The number of nitrogens with one attached hydrogen (secondary N) is 2. The molecule has 2 aromatic carbocycles. The van der Waals surface area contributed by atoms with E-state index in [0.29, 0.717) is 46.4 Å². The van der Waals surface area contributed by atoms with Crippen molar-refractivity contribution in [2.45, 2.75) is 70.6 Å². The van der Waals surface area contributed by atoms with Crippen LogP contribution in [0.3, 0.4) is 0 Å². The number of halogens is 2. The molecule has 0 aliphatic heterocycles. The van der Waals surface area contributed by atoms with Gasteiger partial charge in [0, 0.05) is 43.6 Å². The average Bonchev–Trinajstić information content (AvgIpc) is 3.37. The number of thiocarbonyl (C=S) groups is 1. The van der Waals surface area contributed by atoms with E-state index in [1.54, 1.807) is 30.7 Å². The number of hydrogen-bond acceptors (Lipinski definition) is 4. The van der Waals surface area contributed by atoms with Crippen molar-refractivity contribution in [3.8, 4) is 6.07 Å². The summed E-state index contributed by atoms with van der Waals surface area (Å²) in [6.45, 7) is 3.54. The van der Waals surface area contributed by atoms with Crippen molar-refractivity contribution < 1.29 is 4.79 Å². The van der Waals surface area contributed by atoms with E-state index in [2.05, 4.69) is 26.6 Å². The van der Waals surface area contributed by atoms with Crippen LogP contribution in [0.15, 0.2) is 55.0 Å². The van der Waals surface area contributed by atoms with E-state index in [-0.39, 0.29) is 18.4 Å². The Kier molecular flexibility index (Phi) is 10.8. The summed E-state index contributed by atoms with van der Waals surface area (Å²) in [6.07, 6.45) is 9.51. The molecule has 1 aliphatic carbocycles. The molecule has 1 aromatic heterocycles. The highest BCUT2D eigenvalue weighted by Gasteiger charge is 2.21. The van der Waals surface area contributed by atoms with Crippen molar-refractivity contribution >= 4 is 46.4 Å². The third-order valence-electron chi connectivity index (χ3n) is 7.09. The van der Waals surface area contributed by atoms with Crippen LogP contribution in [-0.4, -0.2) is 44.1 Å². The minimum Gasteiger partial charge on any atom is -0.360 e. The summed E-state index contributed by atoms with van der Waals surface area (Å²) in [4.78, 5) is 19.3. The molecular weight excluding hydrogens is 563 g/mol. The standard InChI is InChI=1S/C30H34Cl2N6OS/c1-21(35-28(39)14-26-16-34-20-38(26)18-23-12-10-22(15-33)11-13-23)17-37(19-24-6-5-9-27(31)29(24)32)30(40)36-25-7-3-2-4-8-25/h5-6,9-13,16,20-21,25H,2-4,7-8,14,17-19H2,1H3,(H,35,39)(H,36,40)/t21-/m0/s1. The van der Waals surface area contributed by atoms with Gasteiger partial charge in [-0.15, -0.1) is 0 Å². The molecule has 0 unspecified atom stereocenters. The quantitative estimate of drug-likeness (QED) is 0.285. The molecule has 0 spiro atoms. The molecule has 1 amide bonds. The fraction of sp³-hybridized carbons (Fsp3) is 0.400. The van der Waals surface area contributed by atoms with Gasteiger partial charge in [0.05, 0.1) is 34.4 Å². The molecule has 1 atom stereocenters. The Morgan fingerprint density at radius 1 is 1.20 bits per heavy atom. The number of benzene rings is 2. The van der Waals surface area contributed by atoms with Gasteiger partial charge in [-0.05, 0) is 61.3 Å². The summed E-state index contributed by atoms with van der Waals surface area (Å²) in [5, 5.41) is 17.4. The van der Waals surface area contributed by atoms with Crippen LogP contribution in [0.1, 0.15) is 61.4 Å². The summed E-state index contributed by atoms with van der Waals surface area (Å²) in [6, 6.07) is 15.3. The molecule has 10 heteroatoms. The van der Waals surface area contributed by atoms with E-state index >= 15 is 0 Å². The molecule has 210 valence electrons. The first-order chi connectivity index (χ1) is 19.3. The lowest BCUT2D eigenvalue weighted by molar-refractivity contribution is -0.121. The van der Waals surface area contributed by atoms with Crippen molar-refractivity contribution in [3.63, 3.8) is 0 Å². The van der Waals surface area contributed by atoms with Crippen LogP contribution in [0.2, 0.25) is 10.0 Å². The van der Waals surface area contributed by atoms with Gasteiger partial charge in [-0.1, -0.05) is 66.7 Å². The summed E-state index contributed by atoms with van der Waals surface area (Å²) in [5.41, 5.74) is 3.34. The number of imidazole rings is 1. The zero-order chi connectivity index (χ0) is 28.5. The lowest BCUT2D eigenvalue weighted by Gasteiger charge is -2.33. The molecule has 0 saturated heterocycles. The summed E-state index contributed by atoms with van der Waals surface area (Å²) < 4.78 is 1.95. The van der Waals surface area contributed by atoms with Crippen LogP contribution < -0.4 is 10.6 Å². The molecule has 3 aromatic rings. The van der Waals surface area contributed by atoms with Gasteiger partial charge < -0.3 is 20.1 Å². The number of rotatable bonds is 10. The number of amides is 1. The van der Waals surface area contributed by atoms with Crippen LogP contribution in [0.4, 0.5) is 0 Å². The van der Waals surface area contributed by atoms with E-state index in [9.17, 15) is 4.79 Å². The molecule has 1 saturated carbocycles. The number of nitrogens with zero attached hydrogens (tertiary/aromatic N) is 4. The van der Waals surface area contributed by atoms with E-state index in [1.165, 1.54) is 19.3 Å². The summed E-state index contributed by atoms with van der Waals surface area (Å²) in [7, 11) is 0. The molecule has 1 fully saturated rings. The Labute approximate surface area is 251 Å². The molecule has 2 N–H and O–H groups in total. The lowest BCUT2D eigenvalue weighted by Crippen LogP contribution is -2.50. The van der Waals surface area contributed by atoms with E-state index < -0.39 is 0 Å². The second-order valence-electron chi connectivity index (χ2n) is 10.3. The first-order valence-corrected chi connectivity index (χ1v) is 14.7. The maximum atomic E-state index is 13.0. The van der Waals surface area contributed by atoms with E-state index in [4.69, 9.17) is 40.7 Å². The highest BCUT2D eigenvalue weighted by molar-refractivity contribution is 7.80. The van der Waals surface area contributed by atoms with Gasteiger partial charge in [-0.3, -0.25) is 4.79 Å².